The van der Waals surface area contributed by atoms with Crippen molar-refractivity contribution in [3.05, 3.63) is 84.2 Å². The van der Waals surface area contributed by atoms with Crippen LogP contribution in [0.2, 0.25) is 0 Å². The fourth-order valence-corrected chi connectivity index (χ4v) is 3.01. The number of hydrogen-bond donors (Lipinski definition) is 1. The predicted molar refractivity (Wildman–Crippen MR) is 107 cm³/mol. The number of carbonyl (C=O) groups is 1. The molecular weight excluding hydrogens is 392 g/mol. The van der Waals surface area contributed by atoms with Gasteiger partial charge in [0.2, 0.25) is 5.91 Å². The summed E-state index contributed by atoms with van der Waals surface area (Å²) >= 11 is 0. The molecule has 1 heterocycles. The molecule has 4 rings (SSSR count). The summed E-state index contributed by atoms with van der Waals surface area (Å²) in [6.45, 7) is -2.55. The molecule has 152 valence electrons. The van der Waals surface area contributed by atoms with Crippen LogP contribution in [0.15, 0.2) is 73.1 Å². The van der Waals surface area contributed by atoms with Crippen LogP contribution in [0, 0.1) is 0 Å². The van der Waals surface area contributed by atoms with Crippen molar-refractivity contribution in [3.63, 3.8) is 0 Å². The van der Waals surface area contributed by atoms with Crippen molar-refractivity contribution in [2.45, 2.75) is 13.2 Å². The van der Waals surface area contributed by atoms with Gasteiger partial charge in [0, 0.05) is 11.3 Å². The molecule has 0 spiro atoms. The van der Waals surface area contributed by atoms with E-state index in [4.69, 9.17) is 10.5 Å². The number of nitrogens with zero attached hydrogens (tertiary/aromatic N) is 2. The molecule has 1 aromatic heterocycles. The van der Waals surface area contributed by atoms with Crippen LogP contribution in [0.3, 0.4) is 0 Å². The summed E-state index contributed by atoms with van der Waals surface area (Å²) in [6, 6.07) is 18.8. The number of hydrogen-bond acceptors (Lipinski definition) is 4. The highest BCUT2D eigenvalue weighted by Gasteiger charge is 2.08. The van der Waals surface area contributed by atoms with Crippen LogP contribution < -0.4 is 15.2 Å². The molecule has 0 saturated carbocycles. The van der Waals surface area contributed by atoms with Gasteiger partial charge in [0.1, 0.15) is 24.4 Å². The summed E-state index contributed by atoms with van der Waals surface area (Å²) in [7, 11) is 0. The van der Waals surface area contributed by atoms with Crippen LogP contribution >= 0.6 is 0 Å². The highest BCUT2D eigenvalue weighted by atomic mass is 19.3. The second kappa shape index (κ2) is 8.20. The number of aromatic nitrogens is 2. The third kappa shape index (κ3) is 4.22. The fourth-order valence-electron chi connectivity index (χ4n) is 3.01. The van der Waals surface area contributed by atoms with Gasteiger partial charge in [-0.2, -0.15) is 8.78 Å². The zero-order chi connectivity index (χ0) is 21.1. The molecule has 0 aliphatic carbocycles. The number of primary amides is 1. The number of nitrogens with two attached hydrogens (primary N) is 1. The van der Waals surface area contributed by atoms with E-state index in [1.54, 1.807) is 36.7 Å². The predicted octanol–water partition coefficient (Wildman–Crippen LogP) is 4.30. The Morgan fingerprint density at radius 3 is 2.37 bits per heavy atom. The van der Waals surface area contributed by atoms with Crippen molar-refractivity contribution in [2.24, 2.45) is 5.73 Å². The van der Waals surface area contributed by atoms with E-state index in [0.717, 1.165) is 16.8 Å². The number of fused-ring (bicyclic) bond motifs is 1. The molecule has 6 nitrogen and oxygen atoms in total. The Morgan fingerprint density at radius 1 is 1.00 bits per heavy atom. The van der Waals surface area contributed by atoms with Gasteiger partial charge < -0.3 is 15.2 Å². The summed E-state index contributed by atoms with van der Waals surface area (Å²) in [6.07, 6.45) is 1.67. The maximum atomic E-state index is 12.2. The first-order chi connectivity index (χ1) is 14.5. The third-order valence-corrected chi connectivity index (χ3v) is 4.50. The van der Waals surface area contributed by atoms with E-state index >= 15 is 0 Å². The van der Waals surface area contributed by atoms with Crippen molar-refractivity contribution in [3.8, 4) is 17.2 Å². The van der Waals surface area contributed by atoms with Gasteiger partial charge in [0.25, 0.3) is 0 Å². The lowest BCUT2D eigenvalue weighted by atomic mass is 10.2. The highest BCUT2D eigenvalue weighted by molar-refractivity contribution is 5.96. The summed E-state index contributed by atoms with van der Waals surface area (Å²) in [4.78, 5) is 15.6. The number of imidazole rings is 1. The minimum Gasteiger partial charge on any atom is -0.489 e. The summed E-state index contributed by atoms with van der Waals surface area (Å²) < 4.78 is 36.3. The molecule has 8 heteroatoms. The lowest BCUT2D eigenvalue weighted by Gasteiger charge is -2.09. The Hall–Kier alpha value is -3.94. The smallest absolute Gasteiger partial charge is 0.387 e. The van der Waals surface area contributed by atoms with Crippen LogP contribution in [-0.2, 0) is 6.61 Å². The first-order valence-corrected chi connectivity index (χ1v) is 9.03. The topological polar surface area (TPSA) is 79.4 Å². The van der Waals surface area contributed by atoms with Crippen molar-refractivity contribution in [2.75, 3.05) is 0 Å². The molecule has 30 heavy (non-hydrogen) atoms. The van der Waals surface area contributed by atoms with Crippen molar-refractivity contribution < 1.29 is 23.0 Å². The van der Waals surface area contributed by atoms with E-state index in [2.05, 4.69) is 9.72 Å². The van der Waals surface area contributed by atoms with Gasteiger partial charge in [-0.1, -0.05) is 12.1 Å². The van der Waals surface area contributed by atoms with Gasteiger partial charge in [-0.25, -0.2) is 4.98 Å². The van der Waals surface area contributed by atoms with Gasteiger partial charge in [-0.15, -0.1) is 0 Å². The highest BCUT2D eigenvalue weighted by Crippen LogP contribution is 2.22. The quantitative estimate of drug-likeness (QED) is 0.493. The molecule has 0 aliphatic rings. The van der Waals surface area contributed by atoms with E-state index in [9.17, 15) is 13.6 Å². The molecular formula is C22H17F2N3O3. The Labute approximate surface area is 170 Å². The minimum atomic E-state index is -2.84. The van der Waals surface area contributed by atoms with Gasteiger partial charge in [-0.05, 0) is 60.2 Å². The molecule has 0 unspecified atom stereocenters. The Morgan fingerprint density at radius 2 is 1.70 bits per heavy atom. The molecule has 4 aromatic rings. The first kappa shape index (κ1) is 19.4. The lowest BCUT2D eigenvalue weighted by Crippen LogP contribution is -2.10. The van der Waals surface area contributed by atoms with Crippen LogP contribution in [0.1, 0.15) is 15.9 Å². The fraction of sp³-hybridized carbons (Fsp3) is 0.0909. The maximum absolute atomic E-state index is 12.2. The zero-order valence-corrected chi connectivity index (χ0v) is 15.7. The van der Waals surface area contributed by atoms with Gasteiger partial charge in [0.05, 0.1) is 11.0 Å². The average molecular weight is 409 g/mol. The lowest BCUT2D eigenvalue weighted by molar-refractivity contribution is -0.0498. The number of amides is 1. The van der Waals surface area contributed by atoms with E-state index in [1.807, 2.05) is 28.8 Å². The van der Waals surface area contributed by atoms with Gasteiger partial charge >= 0.3 is 6.61 Å². The SMILES string of the molecule is NC(=O)c1ccc2c(c1)ncn2-c1ccc(OCc2ccc(OC(F)F)cc2)cc1. The summed E-state index contributed by atoms with van der Waals surface area (Å²) in [5.41, 5.74) is 8.94. The zero-order valence-electron chi connectivity index (χ0n) is 15.7. The second-order valence-electron chi connectivity index (χ2n) is 6.49. The molecule has 2 N–H and O–H groups in total. The molecule has 0 saturated heterocycles. The number of alkyl halides is 2. The molecule has 0 radical (unpaired) electrons. The number of halogens is 2. The molecule has 1 amide bonds. The number of rotatable bonds is 7. The van der Waals surface area contributed by atoms with E-state index in [-0.39, 0.29) is 12.4 Å². The summed E-state index contributed by atoms with van der Waals surface area (Å²) in [5.74, 6) is 0.268. The second-order valence-corrected chi connectivity index (χ2v) is 6.49. The first-order valence-electron chi connectivity index (χ1n) is 9.03. The molecule has 0 fully saturated rings. The van der Waals surface area contributed by atoms with Crippen molar-refractivity contribution >= 4 is 16.9 Å². The Kier molecular flexibility index (Phi) is 5.30. The van der Waals surface area contributed by atoms with E-state index in [1.165, 1.54) is 12.1 Å². The molecule has 0 atom stereocenters. The molecule has 3 aromatic carbocycles. The largest absolute Gasteiger partial charge is 0.489 e. The van der Waals surface area contributed by atoms with E-state index in [0.29, 0.717) is 16.8 Å². The number of benzene rings is 3. The van der Waals surface area contributed by atoms with Crippen LogP contribution in [0.4, 0.5) is 8.78 Å². The van der Waals surface area contributed by atoms with Gasteiger partial charge in [0.15, 0.2) is 0 Å². The standard InChI is InChI=1S/C22H17F2N3O3/c23-22(24)30-18-6-1-14(2-7-18)12-29-17-8-4-16(5-9-17)27-13-26-19-11-15(21(25)28)3-10-20(19)27/h1-11,13,22H,12H2,(H2,25,28). The Bertz CT molecular complexity index is 1170. The monoisotopic (exact) mass is 409 g/mol. The molecule has 0 bridgehead atoms. The summed E-state index contributed by atoms with van der Waals surface area (Å²) in [5, 5.41) is 0. The number of ether oxygens (including phenoxy) is 2. The van der Waals surface area contributed by atoms with Crippen LogP contribution in [0.25, 0.3) is 16.7 Å². The average Bonchev–Trinajstić information content (AvgIpc) is 3.16. The van der Waals surface area contributed by atoms with Crippen molar-refractivity contribution in [1.82, 2.24) is 9.55 Å². The minimum absolute atomic E-state index is 0.105. The van der Waals surface area contributed by atoms with Crippen LogP contribution in [-0.4, -0.2) is 22.1 Å². The van der Waals surface area contributed by atoms with Gasteiger partial charge in [-0.3, -0.25) is 9.36 Å². The third-order valence-electron chi connectivity index (χ3n) is 4.50. The molecule has 0 aliphatic heterocycles. The van der Waals surface area contributed by atoms with Crippen molar-refractivity contribution in [1.29, 1.82) is 0 Å². The Balaban J connectivity index is 1.44. The van der Waals surface area contributed by atoms with E-state index < -0.39 is 12.5 Å². The normalized spacial score (nSPS) is 11.0. The maximum Gasteiger partial charge on any atom is 0.387 e. The van der Waals surface area contributed by atoms with Crippen LogP contribution in [0.5, 0.6) is 11.5 Å². The number of carbonyl (C=O) groups excluding carboxylic acids is 1.